The van der Waals surface area contributed by atoms with Crippen LogP contribution in [0.3, 0.4) is 0 Å². The van der Waals surface area contributed by atoms with E-state index in [-0.39, 0.29) is 11.9 Å². The minimum atomic E-state index is -0.112. The summed E-state index contributed by atoms with van der Waals surface area (Å²) in [4.78, 5) is 11.8. The summed E-state index contributed by atoms with van der Waals surface area (Å²) >= 11 is 11.6. The van der Waals surface area contributed by atoms with Crippen LogP contribution in [0, 0.1) is 0 Å². The summed E-state index contributed by atoms with van der Waals surface area (Å²) in [6, 6.07) is 5.05. The second-order valence-corrected chi connectivity index (χ2v) is 4.61. The van der Waals surface area contributed by atoms with Crippen LogP contribution in [-0.2, 0) is 0 Å². The van der Waals surface area contributed by atoms with Gasteiger partial charge in [-0.2, -0.15) is 0 Å². The first-order valence-electron chi connectivity index (χ1n) is 5.30. The first kappa shape index (κ1) is 13.3. The zero-order chi connectivity index (χ0) is 12.1. The molecule has 0 aliphatic carbocycles. The van der Waals surface area contributed by atoms with E-state index in [1.165, 1.54) is 0 Å². The van der Waals surface area contributed by atoms with Crippen molar-refractivity contribution in [2.45, 2.75) is 32.7 Å². The average Bonchev–Trinajstić information content (AvgIpc) is 2.22. The second kappa shape index (κ2) is 6.12. The molecule has 0 saturated carbocycles. The molecule has 0 aromatic heterocycles. The third-order valence-electron chi connectivity index (χ3n) is 2.28. The number of hydrogen-bond donors (Lipinski definition) is 1. The summed E-state index contributed by atoms with van der Waals surface area (Å²) in [7, 11) is 0. The quantitative estimate of drug-likeness (QED) is 0.873. The van der Waals surface area contributed by atoms with Crippen molar-refractivity contribution >= 4 is 29.1 Å². The fraction of sp³-hybridized carbons (Fsp3) is 0.417. The summed E-state index contributed by atoms with van der Waals surface area (Å²) in [5.74, 6) is -0.112. The van der Waals surface area contributed by atoms with E-state index in [0.717, 1.165) is 12.8 Å². The van der Waals surface area contributed by atoms with Crippen molar-refractivity contribution in [1.29, 1.82) is 0 Å². The summed E-state index contributed by atoms with van der Waals surface area (Å²) in [5.41, 5.74) is 0.539. The molecular weight excluding hydrogens is 245 g/mol. The Morgan fingerprint density at radius 2 is 2.06 bits per heavy atom. The van der Waals surface area contributed by atoms with Gasteiger partial charge in [-0.1, -0.05) is 36.5 Å². The molecule has 2 nitrogen and oxygen atoms in total. The molecule has 1 rings (SSSR count). The molecule has 1 aromatic rings. The van der Waals surface area contributed by atoms with Crippen LogP contribution in [0.25, 0.3) is 0 Å². The number of carbonyl (C=O) groups excluding carboxylic acids is 1. The molecule has 88 valence electrons. The van der Waals surface area contributed by atoms with Crippen molar-refractivity contribution in [2.24, 2.45) is 0 Å². The van der Waals surface area contributed by atoms with Crippen LogP contribution in [0.1, 0.15) is 37.0 Å². The van der Waals surface area contributed by atoms with Gasteiger partial charge in [-0.15, -0.1) is 0 Å². The van der Waals surface area contributed by atoms with E-state index in [0.29, 0.717) is 15.6 Å². The first-order valence-corrected chi connectivity index (χ1v) is 6.06. The van der Waals surface area contributed by atoms with E-state index >= 15 is 0 Å². The minimum Gasteiger partial charge on any atom is -0.350 e. The highest BCUT2D eigenvalue weighted by Crippen LogP contribution is 2.22. The zero-order valence-electron chi connectivity index (χ0n) is 9.39. The first-order chi connectivity index (χ1) is 7.54. The van der Waals surface area contributed by atoms with Gasteiger partial charge >= 0.3 is 0 Å². The van der Waals surface area contributed by atoms with Crippen LogP contribution >= 0.6 is 23.2 Å². The lowest BCUT2D eigenvalue weighted by Crippen LogP contribution is -2.32. The van der Waals surface area contributed by atoms with Gasteiger partial charge in [0.05, 0.1) is 10.0 Å². The molecule has 0 heterocycles. The van der Waals surface area contributed by atoms with Crippen molar-refractivity contribution in [3.05, 3.63) is 33.8 Å². The van der Waals surface area contributed by atoms with E-state index in [2.05, 4.69) is 12.2 Å². The molecule has 0 aliphatic rings. The van der Waals surface area contributed by atoms with Crippen LogP contribution in [0.2, 0.25) is 10.0 Å². The molecule has 0 radical (unpaired) electrons. The number of halogens is 2. The third kappa shape index (κ3) is 3.69. The molecule has 0 unspecified atom stereocenters. The fourth-order valence-electron chi connectivity index (χ4n) is 1.45. The lowest BCUT2D eigenvalue weighted by Gasteiger charge is -2.12. The number of rotatable bonds is 4. The van der Waals surface area contributed by atoms with Crippen molar-refractivity contribution in [1.82, 2.24) is 5.32 Å². The van der Waals surface area contributed by atoms with Crippen LogP contribution < -0.4 is 5.32 Å². The molecule has 16 heavy (non-hydrogen) atoms. The van der Waals surface area contributed by atoms with Gasteiger partial charge < -0.3 is 5.32 Å². The van der Waals surface area contributed by atoms with Gasteiger partial charge in [0.2, 0.25) is 0 Å². The summed E-state index contributed by atoms with van der Waals surface area (Å²) in [6.45, 7) is 4.07. The lowest BCUT2D eigenvalue weighted by atomic mass is 10.1. The van der Waals surface area contributed by atoms with Crippen LogP contribution in [-0.4, -0.2) is 11.9 Å². The molecule has 0 aliphatic heterocycles. The third-order valence-corrected chi connectivity index (χ3v) is 3.02. The summed E-state index contributed by atoms with van der Waals surface area (Å²) in [5, 5.41) is 3.76. The number of benzene rings is 1. The maximum Gasteiger partial charge on any atom is 0.251 e. The normalized spacial score (nSPS) is 12.2. The minimum absolute atomic E-state index is 0.112. The number of nitrogens with one attached hydrogen (secondary N) is 1. The van der Waals surface area contributed by atoms with Crippen LogP contribution in [0.5, 0.6) is 0 Å². The largest absolute Gasteiger partial charge is 0.350 e. The van der Waals surface area contributed by atoms with Crippen molar-refractivity contribution in [3.8, 4) is 0 Å². The molecule has 1 atom stereocenters. The van der Waals surface area contributed by atoms with Crippen molar-refractivity contribution < 1.29 is 4.79 Å². The number of carbonyl (C=O) groups is 1. The van der Waals surface area contributed by atoms with Crippen molar-refractivity contribution in [2.75, 3.05) is 0 Å². The molecular formula is C12H15Cl2NO. The Bertz CT molecular complexity index is 379. The number of hydrogen-bond acceptors (Lipinski definition) is 1. The molecule has 0 bridgehead atoms. The summed E-state index contributed by atoms with van der Waals surface area (Å²) in [6.07, 6.45) is 2.01. The molecule has 1 N–H and O–H groups in total. The standard InChI is InChI=1S/C12H15Cl2NO/c1-3-4-8(2)15-12(16)9-5-6-10(13)11(14)7-9/h5-8H,3-4H2,1-2H3,(H,15,16)/t8-/m1/s1. The molecule has 0 fully saturated rings. The molecule has 1 aromatic carbocycles. The van der Waals surface area contributed by atoms with E-state index in [1.54, 1.807) is 18.2 Å². The average molecular weight is 260 g/mol. The Labute approximate surface area is 106 Å². The van der Waals surface area contributed by atoms with Gasteiger partial charge in [-0.3, -0.25) is 4.79 Å². The van der Waals surface area contributed by atoms with E-state index in [9.17, 15) is 4.79 Å². The Hall–Kier alpha value is -0.730. The topological polar surface area (TPSA) is 29.1 Å². The van der Waals surface area contributed by atoms with Gasteiger partial charge in [0.25, 0.3) is 5.91 Å². The monoisotopic (exact) mass is 259 g/mol. The van der Waals surface area contributed by atoms with Gasteiger partial charge in [-0.25, -0.2) is 0 Å². The number of amides is 1. The Kier molecular flexibility index (Phi) is 5.10. The highest BCUT2D eigenvalue weighted by Gasteiger charge is 2.10. The van der Waals surface area contributed by atoms with Gasteiger partial charge in [0.1, 0.15) is 0 Å². The second-order valence-electron chi connectivity index (χ2n) is 3.79. The highest BCUT2D eigenvalue weighted by molar-refractivity contribution is 6.42. The predicted octanol–water partition coefficient (Wildman–Crippen LogP) is 3.91. The fourth-order valence-corrected chi connectivity index (χ4v) is 1.75. The maximum absolute atomic E-state index is 11.8. The lowest BCUT2D eigenvalue weighted by molar-refractivity contribution is 0.0938. The van der Waals surface area contributed by atoms with Crippen LogP contribution in [0.4, 0.5) is 0 Å². The van der Waals surface area contributed by atoms with Gasteiger partial charge in [0.15, 0.2) is 0 Å². The van der Waals surface area contributed by atoms with Gasteiger partial charge in [0, 0.05) is 11.6 Å². The Balaban J connectivity index is 2.69. The zero-order valence-corrected chi connectivity index (χ0v) is 10.9. The van der Waals surface area contributed by atoms with E-state index < -0.39 is 0 Å². The van der Waals surface area contributed by atoms with Crippen molar-refractivity contribution in [3.63, 3.8) is 0 Å². The van der Waals surface area contributed by atoms with Crippen LogP contribution in [0.15, 0.2) is 18.2 Å². The molecule has 1 amide bonds. The maximum atomic E-state index is 11.8. The van der Waals surface area contributed by atoms with Gasteiger partial charge in [-0.05, 0) is 31.5 Å². The molecule has 0 spiro atoms. The predicted molar refractivity (Wildman–Crippen MR) is 68.3 cm³/mol. The highest BCUT2D eigenvalue weighted by atomic mass is 35.5. The molecule has 0 saturated heterocycles. The van der Waals surface area contributed by atoms with E-state index in [4.69, 9.17) is 23.2 Å². The summed E-state index contributed by atoms with van der Waals surface area (Å²) < 4.78 is 0. The Morgan fingerprint density at radius 3 is 2.62 bits per heavy atom. The molecule has 4 heteroatoms. The smallest absolute Gasteiger partial charge is 0.251 e. The SMILES string of the molecule is CCC[C@@H](C)NC(=O)c1ccc(Cl)c(Cl)c1. The Morgan fingerprint density at radius 1 is 1.38 bits per heavy atom. The van der Waals surface area contributed by atoms with E-state index in [1.807, 2.05) is 6.92 Å².